The summed E-state index contributed by atoms with van der Waals surface area (Å²) in [7, 11) is -3.30. The van der Waals surface area contributed by atoms with E-state index in [2.05, 4.69) is 15.5 Å². The highest BCUT2D eigenvalue weighted by molar-refractivity contribution is 7.91. The summed E-state index contributed by atoms with van der Waals surface area (Å²) in [5.41, 5.74) is 2.04. The zero-order valence-corrected chi connectivity index (χ0v) is 23.2. The third-order valence-corrected chi connectivity index (χ3v) is 9.09. The molecule has 1 aromatic heterocycles. The lowest BCUT2D eigenvalue weighted by Gasteiger charge is -2.17. The van der Waals surface area contributed by atoms with Gasteiger partial charge in [-0.2, -0.15) is 4.98 Å². The Kier molecular flexibility index (Phi) is 7.50. The van der Waals surface area contributed by atoms with Crippen LogP contribution in [0.4, 0.5) is 10.1 Å². The Morgan fingerprint density at radius 1 is 1.03 bits per heavy atom. The first-order chi connectivity index (χ1) is 18.6. The van der Waals surface area contributed by atoms with Gasteiger partial charge in [-0.15, -0.1) is 0 Å². The maximum absolute atomic E-state index is 13.2. The number of carbonyl (C=O) groups excluding carboxylic acids is 1. The van der Waals surface area contributed by atoms with Gasteiger partial charge in [0.2, 0.25) is 11.8 Å². The van der Waals surface area contributed by atoms with E-state index in [1.54, 1.807) is 43.3 Å². The fourth-order valence-electron chi connectivity index (χ4n) is 4.48. The van der Waals surface area contributed by atoms with Crippen molar-refractivity contribution >= 4 is 44.6 Å². The molecule has 202 valence electrons. The molecule has 1 heterocycles. The smallest absolute Gasteiger partial charge is 0.231 e. The van der Waals surface area contributed by atoms with Crippen LogP contribution in [0.25, 0.3) is 0 Å². The van der Waals surface area contributed by atoms with Crippen LogP contribution >= 0.6 is 23.2 Å². The van der Waals surface area contributed by atoms with Gasteiger partial charge >= 0.3 is 0 Å². The number of benzene rings is 3. The van der Waals surface area contributed by atoms with Crippen LogP contribution in [0, 0.1) is 5.82 Å². The van der Waals surface area contributed by atoms with E-state index < -0.39 is 15.3 Å². The summed E-state index contributed by atoms with van der Waals surface area (Å²) < 4.78 is 42.6. The van der Waals surface area contributed by atoms with Crippen LogP contribution in [0.15, 0.2) is 70.1 Å². The first-order valence-corrected chi connectivity index (χ1v) is 14.7. The van der Waals surface area contributed by atoms with Gasteiger partial charge in [-0.05, 0) is 60.4 Å². The first kappa shape index (κ1) is 27.3. The number of hydrogen-bond donors (Lipinski definition) is 1. The Hall–Kier alpha value is -3.27. The number of rotatable bonds is 9. The average molecular weight is 588 g/mol. The van der Waals surface area contributed by atoms with E-state index in [1.807, 2.05) is 0 Å². The Morgan fingerprint density at radius 2 is 1.64 bits per heavy atom. The lowest BCUT2D eigenvalue weighted by molar-refractivity contribution is -0.115. The Morgan fingerprint density at radius 3 is 2.23 bits per heavy atom. The molecule has 0 spiro atoms. The van der Waals surface area contributed by atoms with Gasteiger partial charge in [0.15, 0.2) is 15.7 Å². The molecular formula is C28H24Cl2FN3O4S. The largest absolute Gasteiger partial charge is 0.339 e. The minimum Gasteiger partial charge on any atom is -0.339 e. The monoisotopic (exact) mass is 587 g/mol. The van der Waals surface area contributed by atoms with Crippen molar-refractivity contribution in [3.8, 4) is 0 Å². The van der Waals surface area contributed by atoms with E-state index in [1.165, 1.54) is 24.3 Å². The van der Waals surface area contributed by atoms with Gasteiger partial charge < -0.3 is 9.84 Å². The van der Waals surface area contributed by atoms with E-state index in [0.717, 1.165) is 18.4 Å². The second kappa shape index (κ2) is 10.7. The maximum atomic E-state index is 13.2. The molecule has 4 aromatic rings. The molecule has 0 saturated heterocycles. The molecule has 0 unspecified atom stereocenters. The predicted octanol–water partition coefficient (Wildman–Crippen LogP) is 6.16. The number of carbonyl (C=O) groups is 1. The van der Waals surface area contributed by atoms with Crippen molar-refractivity contribution in [2.75, 3.05) is 11.1 Å². The number of nitrogens with zero attached hydrogens (tertiary/aromatic N) is 2. The molecule has 1 aliphatic rings. The van der Waals surface area contributed by atoms with Crippen LogP contribution in [0.2, 0.25) is 10.0 Å². The quantitative estimate of drug-likeness (QED) is 0.251. The molecule has 0 atom stereocenters. The zero-order valence-electron chi connectivity index (χ0n) is 20.9. The van der Waals surface area contributed by atoms with Gasteiger partial charge in [0, 0.05) is 21.3 Å². The van der Waals surface area contributed by atoms with Crippen LogP contribution in [0.3, 0.4) is 0 Å². The molecule has 1 N–H and O–H groups in total. The molecule has 0 bridgehead atoms. The molecular weight excluding hydrogens is 564 g/mol. The molecule has 3 aromatic carbocycles. The van der Waals surface area contributed by atoms with Gasteiger partial charge in [0.1, 0.15) is 5.82 Å². The molecule has 11 heteroatoms. The van der Waals surface area contributed by atoms with Crippen LogP contribution < -0.4 is 5.32 Å². The molecule has 5 rings (SSSR count). The molecule has 0 aliphatic heterocycles. The van der Waals surface area contributed by atoms with Crippen molar-refractivity contribution in [3.05, 3.63) is 105 Å². The summed E-state index contributed by atoms with van der Waals surface area (Å²) in [6.45, 7) is 1.58. The second-order valence-corrected chi connectivity index (χ2v) is 12.6. The fourth-order valence-corrected chi connectivity index (χ4v) is 6.22. The molecule has 7 nitrogen and oxygen atoms in total. The standard InChI is InChI=1S/C28H24Cl2FN3O4S/c1-2-39(36,37)21-9-5-17(6-10-21)13-24(35)32-20-15-22(29)26(23(30)16-20)28(11-12-28)27-33-25(38-34-27)14-18-3-7-19(31)8-4-18/h3-10,15-16H,2,11-14H2,1H3,(H,32,35). The minimum absolute atomic E-state index is 0.00944. The van der Waals surface area contributed by atoms with Crippen molar-refractivity contribution in [2.24, 2.45) is 0 Å². The van der Waals surface area contributed by atoms with Crippen molar-refractivity contribution in [3.63, 3.8) is 0 Å². The third kappa shape index (κ3) is 5.85. The Bertz CT molecular complexity index is 1610. The summed E-state index contributed by atoms with van der Waals surface area (Å²) in [4.78, 5) is 17.5. The predicted molar refractivity (Wildman–Crippen MR) is 146 cm³/mol. The highest BCUT2D eigenvalue weighted by atomic mass is 35.5. The topological polar surface area (TPSA) is 102 Å². The Balaban J connectivity index is 1.29. The van der Waals surface area contributed by atoms with Gasteiger partial charge in [0.05, 0.1) is 28.9 Å². The number of nitrogens with one attached hydrogen (secondary N) is 1. The summed E-state index contributed by atoms with van der Waals surface area (Å²) in [5, 5.41) is 7.72. The van der Waals surface area contributed by atoms with Crippen molar-refractivity contribution in [1.29, 1.82) is 0 Å². The fraction of sp³-hybridized carbons (Fsp3) is 0.250. The number of halogens is 3. The molecule has 1 saturated carbocycles. The minimum atomic E-state index is -3.30. The summed E-state index contributed by atoms with van der Waals surface area (Å²) >= 11 is 13.3. The lowest BCUT2D eigenvalue weighted by Crippen LogP contribution is -2.16. The van der Waals surface area contributed by atoms with E-state index in [4.69, 9.17) is 27.7 Å². The van der Waals surface area contributed by atoms with Crippen LogP contribution in [0.5, 0.6) is 0 Å². The highest BCUT2D eigenvalue weighted by Crippen LogP contribution is 2.56. The van der Waals surface area contributed by atoms with E-state index >= 15 is 0 Å². The number of hydrogen-bond acceptors (Lipinski definition) is 6. The van der Waals surface area contributed by atoms with Gasteiger partial charge in [-0.25, -0.2) is 12.8 Å². The van der Waals surface area contributed by atoms with Crippen LogP contribution in [0.1, 0.15) is 48.2 Å². The van der Waals surface area contributed by atoms with E-state index in [9.17, 15) is 17.6 Å². The first-order valence-electron chi connectivity index (χ1n) is 12.3. The Labute approximate surface area is 235 Å². The lowest BCUT2D eigenvalue weighted by atomic mass is 9.94. The molecule has 1 fully saturated rings. The average Bonchev–Trinajstić information content (AvgIpc) is 3.54. The van der Waals surface area contributed by atoms with E-state index in [-0.39, 0.29) is 28.8 Å². The third-order valence-electron chi connectivity index (χ3n) is 6.75. The summed E-state index contributed by atoms with van der Waals surface area (Å²) in [5.74, 6) is 0.276. The van der Waals surface area contributed by atoms with Crippen LogP contribution in [-0.2, 0) is 32.9 Å². The molecule has 1 amide bonds. The molecule has 0 radical (unpaired) electrons. The maximum Gasteiger partial charge on any atom is 0.231 e. The molecule has 39 heavy (non-hydrogen) atoms. The van der Waals surface area contributed by atoms with Gasteiger partial charge in [0.25, 0.3) is 0 Å². The SMILES string of the molecule is CCS(=O)(=O)c1ccc(CC(=O)Nc2cc(Cl)c(C3(c4noc(Cc5ccc(F)cc5)n4)CC3)c(Cl)c2)cc1. The van der Waals surface area contributed by atoms with Crippen molar-refractivity contribution in [1.82, 2.24) is 10.1 Å². The number of anilines is 1. The van der Waals surface area contributed by atoms with Gasteiger partial charge in [-0.3, -0.25) is 4.79 Å². The summed E-state index contributed by atoms with van der Waals surface area (Å²) in [6.07, 6.45) is 1.88. The zero-order chi connectivity index (χ0) is 27.8. The van der Waals surface area contributed by atoms with Crippen molar-refractivity contribution < 1.29 is 22.1 Å². The summed E-state index contributed by atoms with van der Waals surface area (Å²) in [6, 6.07) is 15.6. The van der Waals surface area contributed by atoms with Crippen LogP contribution in [-0.4, -0.2) is 30.2 Å². The second-order valence-electron chi connectivity index (χ2n) is 9.48. The van der Waals surface area contributed by atoms with Crippen molar-refractivity contribution in [2.45, 2.75) is 42.9 Å². The number of sulfone groups is 1. The van der Waals surface area contributed by atoms with E-state index in [0.29, 0.717) is 45.0 Å². The number of amides is 1. The highest BCUT2D eigenvalue weighted by Gasteiger charge is 2.52. The molecule has 1 aliphatic carbocycles. The number of aromatic nitrogens is 2. The normalized spacial score (nSPS) is 14.3. The van der Waals surface area contributed by atoms with Gasteiger partial charge in [-0.1, -0.05) is 59.5 Å².